The highest BCUT2D eigenvalue weighted by atomic mass is 16.7. The van der Waals surface area contributed by atoms with Gasteiger partial charge in [0.1, 0.15) is 24.6 Å². The number of hydrogen-bond donors (Lipinski definition) is 1. The molecule has 2 aliphatic heterocycles. The molecule has 2 unspecified atom stereocenters. The van der Waals surface area contributed by atoms with Crippen molar-refractivity contribution in [2.75, 3.05) is 6.54 Å². The summed E-state index contributed by atoms with van der Waals surface area (Å²) in [4.78, 5) is 31.5. The third-order valence-corrected chi connectivity index (χ3v) is 5.71. The summed E-state index contributed by atoms with van der Waals surface area (Å²) in [7, 11) is 0. The molecule has 1 N–H and O–H groups in total. The number of amides is 1. The van der Waals surface area contributed by atoms with E-state index in [-0.39, 0.29) is 24.6 Å². The summed E-state index contributed by atoms with van der Waals surface area (Å²) in [6.07, 6.45) is 5.80. The van der Waals surface area contributed by atoms with Crippen molar-refractivity contribution in [1.82, 2.24) is 9.96 Å². The van der Waals surface area contributed by atoms with Crippen LogP contribution in [-0.4, -0.2) is 45.8 Å². The number of aliphatic carboxylic acids is 1. The molecule has 2 aromatic carbocycles. The number of carbonyl (C=O) groups excluding carboxylic acids is 1. The summed E-state index contributed by atoms with van der Waals surface area (Å²) in [5, 5.41) is 10.6. The van der Waals surface area contributed by atoms with E-state index in [2.05, 4.69) is 0 Å². The molecule has 2 aliphatic rings. The molecule has 0 saturated carbocycles. The van der Waals surface area contributed by atoms with Crippen molar-refractivity contribution >= 4 is 11.9 Å². The second-order valence-electron chi connectivity index (χ2n) is 8.08. The van der Waals surface area contributed by atoms with E-state index >= 15 is 0 Å². The normalized spacial score (nSPS) is 20.0. The van der Waals surface area contributed by atoms with Crippen molar-refractivity contribution in [2.24, 2.45) is 0 Å². The predicted octanol–water partition coefficient (Wildman–Crippen LogP) is 3.75. The zero-order chi connectivity index (χ0) is 22.3. The monoisotopic (exact) mass is 436 g/mol. The molecular formula is C25H28N2O5. The summed E-state index contributed by atoms with van der Waals surface area (Å²) >= 11 is 0. The van der Waals surface area contributed by atoms with Gasteiger partial charge in [-0.1, -0.05) is 42.5 Å². The standard InChI is InChI=1S/C25H28N2O5/c28-24(17-19-8-10-21(11-9-19)31-18-20-5-2-1-3-6-20)26-15-4-7-23(26)27-16-14-22(32-27)12-13-25(29)30/h1-3,5-6,8-11,14,16,22-23H,4,7,12-13,15,17-18H2,(H,29,30). The lowest BCUT2D eigenvalue weighted by Gasteiger charge is -2.32. The van der Waals surface area contributed by atoms with E-state index in [1.54, 1.807) is 5.06 Å². The second kappa shape index (κ2) is 10.3. The lowest BCUT2D eigenvalue weighted by molar-refractivity contribution is -0.188. The van der Waals surface area contributed by atoms with Crippen molar-refractivity contribution in [3.63, 3.8) is 0 Å². The molecule has 0 spiro atoms. The fraction of sp³-hybridized carbons (Fsp3) is 0.360. The summed E-state index contributed by atoms with van der Waals surface area (Å²) in [6, 6.07) is 17.6. The van der Waals surface area contributed by atoms with Crippen molar-refractivity contribution in [3.05, 3.63) is 78.0 Å². The fourth-order valence-electron chi connectivity index (χ4n) is 4.02. The Hall–Kier alpha value is -3.32. The largest absolute Gasteiger partial charge is 0.489 e. The number of likely N-dealkylation sites (tertiary alicyclic amines) is 1. The zero-order valence-corrected chi connectivity index (χ0v) is 17.9. The van der Waals surface area contributed by atoms with E-state index in [1.165, 1.54) is 0 Å². The zero-order valence-electron chi connectivity index (χ0n) is 17.9. The number of rotatable bonds is 9. The molecule has 7 heteroatoms. The molecule has 0 bridgehead atoms. The number of benzene rings is 2. The molecule has 1 fully saturated rings. The molecule has 2 atom stereocenters. The molecule has 1 amide bonds. The van der Waals surface area contributed by atoms with Gasteiger partial charge in [0.2, 0.25) is 5.91 Å². The van der Waals surface area contributed by atoms with Crippen LogP contribution in [0.4, 0.5) is 0 Å². The number of ether oxygens (including phenoxy) is 1. The Balaban J connectivity index is 1.28. The molecular weight excluding hydrogens is 408 g/mol. The Labute approximate surface area is 187 Å². The van der Waals surface area contributed by atoms with Crippen LogP contribution in [0.5, 0.6) is 5.75 Å². The number of carboxylic acids is 1. The van der Waals surface area contributed by atoms with Gasteiger partial charge in [-0.25, -0.2) is 5.06 Å². The Kier molecular flexibility index (Phi) is 7.07. The van der Waals surface area contributed by atoms with Gasteiger partial charge < -0.3 is 14.7 Å². The molecule has 2 heterocycles. The van der Waals surface area contributed by atoms with Crippen molar-refractivity contribution < 1.29 is 24.3 Å². The maximum atomic E-state index is 13.0. The first-order valence-corrected chi connectivity index (χ1v) is 11.0. The van der Waals surface area contributed by atoms with Gasteiger partial charge in [0.05, 0.1) is 6.42 Å². The first-order chi connectivity index (χ1) is 15.6. The number of nitrogens with zero attached hydrogens (tertiary/aromatic N) is 2. The van der Waals surface area contributed by atoms with Crippen LogP contribution in [0.15, 0.2) is 66.9 Å². The van der Waals surface area contributed by atoms with E-state index in [0.29, 0.717) is 26.0 Å². The number of hydroxylamine groups is 2. The van der Waals surface area contributed by atoms with Crippen molar-refractivity contribution in [3.8, 4) is 5.75 Å². The smallest absolute Gasteiger partial charge is 0.303 e. The molecule has 0 radical (unpaired) electrons. The van der Waals surface area contributed by atoms with E-state index in [0.717, 1.165) is 29.7 Å². The van der Waals surface area contributed by atoms with Crippen LogP contribution in [-0.2, 0) is 27.5 Å². The van der Waals surface area contributed by atoms with Gasteiger partial charge in [-0.15, -0.1) is 0 Å². The van der Waals surface area contributed by atoms with Gasteiger partial charge in [0.15, 0.2) is 0 Å². The second-order valence-corrected chi connectivity index (χ2v) is 8.08. The molecule has 4 rings (SSSR count). The maximum Gasteiger partial charge on any atom is 0.303 e. The minimum Gasteiger partial charge on any atom is -0.489 e. The van der Waals surface area contributed by atoms with Crippen LogP contribution in [0.3, 0.4) is 0 Å². The van der Waals surface area contributed by atoms with Crippen molar-refractivity contribution in [2.45, 2.75) is 51.0 Å². The molecule has 32 heavy (non-hydrogen) atoms. The summed E-state index contributed by atoms with van der Waals surface area (Å²) in [5.74, 6) is -0.0156. The van der Waals surface area contributed by atoms with Gasteiger partial charge in [0, 0.05) is 19.2 Å². The Morgan fingerprint density at radius 2 is 1.84 bits per heavy atom. The van der Waals surface area contributed by atoms with Gasteiger partial charge in [-0.2, -0.15) is 0 Å². The lowest BCUT2D eigenvalue weighted by atomic mass is 10.1. The number of carbonyl (C=O) groups is 2. The number of carboxylic acid groups (broad SMARTS) is 1. The van der Waals surface area contributed by atoms with E-state index in [1.807, 2.05) is 71.8 Å². The SMILES string of the molecule is O=C(O)CCC1C=CN(C2CCCN2C(=O)Cc2ccc(OCc3ccccc3)cc2)O1. The Morgan fingerprint density at radius 1 is 1.06 bits per heavy atom. The molecule has 2 aromatic rings. The van der Waals surface area contributed by atoms with E-state index in [4.69, 9.17) is 14.7 Å². The van der Waals surface area contributed by atoms with E-state index < -0.39 is 5.97 Å². The first-order valence-electron chi connectivity index (χ1n) is 11.0. The van der Waals surface area contributed by atoms with Crippen LogP contribution in [0.25, 0.3) is 0 Å². The highest BCUT2D eigenvalue weighted by molar-refractivity contribution is 5.79. The highest BCUT2D eigenvalue weighted by Gasteiger charge is 2.35. The first kappa shape index (κ1) is 21.9. The quantitative estimate of drug-likeness (QED) is 0.645. The van der Waals surface area contributed by atoms with E-state index in [9.17, 15) is 9.59 Å². The minimum atomic E-state index is -0.838. The molecule has 0 aliphatic carbocycles. The fourth-order valence-corrected chi connectivity index (χ4v) is 4.02. The molecule has 168 valence electrons. The number of hydrogen-bond acceptors (Lipinski definition) is 5. The Bertz CT molecular complexity index is 945. The van der Waals surface area contributed by atoms with Crippen molar-refractivity contribution in [1.29, 1.82) is 0 Å². The third kappa shape index (κ3) is 5.68. The average molecular weight is 437 g/mol. The van der Waals surface area contributed by atoms with Crippen LogP contribution in [0.1, 0.15) is 36.8 Å². The van der Waals surface area contributed by atoms with Crippen LogP contribution in [0, 0.1) is 0 Å². The Morgan fingerprint density at radius 3 is 2.59 bits per heavy atom. The van der Waals surface area contributed by atoms with Crippen LogP contribution >= 0.6 is 0 Å². The maximum absolute atomic E-state index is 13.0. The predicted molar refractivity (Wildman–Crippen MR) is 118 cm³/mol. The topological polar surface area (TPSA) is 79.3 Å². The average Bonchev–Trinajstić information content (AvgIpc) is 3.47. The van der Waals surface area contributed by atoms with Crippen LogP contribution in [0.2, 0.25) is 0 Å². The highest BCUT2D eigenvalue weighted by Crippen LogP contribution is 2.27. The third-order valence-electron chi connectivity index (χ3n) is 5.71. The summed E-state index contributed by atoms with van der Waals surface area (Å²) in [5.41, 5.74) is 2.04. The molecule has 0 aromatic heterocycles. The minimum absolute atomic E-state index is 0.0523. The summed E-state index contributed by atoms with van der Waals surface area (Å²) in [6.45, 7) is 1.20. The molecule has 1 saturated heterocycles. The molecule has 7 nitrogen and oxygen atoms in total. The van der Waals surface area contributed by atoms with Gasteiger partial charge in [-0.05, 0) is 48.6 Å². The van der Waals surface area contributed by atoms with Gasteiger partial charge >= 0.3 is 5.97 Å². The van der Waals surface area contributed by atoms with Crippen LogP contribution < -0.4 is 4.74 Å². The van der Waals surface area contributed by atoms with Gasteiger partial charge in [0.25, 0.3) is 0 Å². The summed E-state index contributed by atoms with van der Waals surface area (Å²) < 4.78 is 5.82. The lowest BCUT2D eigenvalue weighted by Crippen LogP contribution is -2.45. The van der Waals surface area contributed by atoms with Gasteiger partial charge in [-0.3, -0.25) is 14.4 Å².